The third-order valence-corrected chi connectivity index (χ3v) is 6.59. The maximum absolute atomic E-state index is 12.5. The van der Waals surface area contributed by atoms with Crippen molar-refractivity contribution in [2.45, 2.75) is 38.3 Å². The van der Waals surface area contributed by atoms with Crippen LogP contribution in [-0.2, 0) is 6.54 Å². The molecule has 5 nitrogen and oxygen atoms in total. The Morgan fingerprint density at radius 1 is 1.21 bits per heavy atom. The van der Waals surface area contributed by atoms with Crippen LogP contribution in [-0.4, -0.2) is 52.9 Å². The first-order valence-corrected chi connectivity index (χ1v) is 9.30. The molecule has 3 aliphatic rings. The number of halogens is 2. The van der Waals surface area contributed by atoms with Crippen LogP contribution >= 0.6 is 36.2 Å². The lowest BCUT2D eigenvalue weighted by Crippen LogP contribution is -2.53. The average Bonchev–Trinajstić information content (AvgIpc) is 3.30. The number of fused-ring (bicyclic) bond motifs is 2. The Hall–Kier alpha value is -0.400. The molecule has 24 heavy (non-hydrogen) atoms. The smallest absolute Gasteiger partial charge is 0.273 e. The van der Waals surface area contributed by atoms with Crippen LogP contribution in [0.1, 0.15) is 41.2 Å². The third-order valence-electron chi connectivity index (χ3n) is 5.72. The summed E-state index contributed by atoms with van der Waals surface area (Å²) in [4.78, 5) is 21.4. The Morgan fingerprint density at radius 2 is 1.96 bits per heavy atom. The van der Waals surface area contributed by atoms with Gasteiger partial charge in [-0.3, -0.25) is 9.69 Å². The summed E-state index contributed by atoms with van der Waals surface area (Å²) in [5.74, 6) is 1.99. The minimum Gasteiger partial charge on any atom is -0.335 e. The van der Waals surface area contributed by atoms with E-state index in [9.17, 15) is 4.79 Å². The summed E-state index contributed by atoms with van der Waals surface area (Å²) in [6.07, 6.45) is 5.72. The lowest BCUT2D eigenvalue weighted by molar-refractivity contribution is 0.0491. The molecule has 3 unspecified atom stereocenters. The molecule has 0 aromatic carbocycles. The van der Waals surface area contributed by atoms with Gasteiger partial charge in [-0.1, -0.05) is 6.42 Å². The van der Waals surface area contributed by atoms with E-state index in [1.54, 1.807) is 0 Å². The van der Waals surface area contributed by atoms with Gasteiger partial charge in [-0.25, -0.2) is 4.98 Å². The molecule has 2 aliphatic carbocycles. The van der Waals surface area contributed by atoms with E-state index in [4.69, 9.17) is 5.73 Å². The number of carbonyl (C=O) groups excluding carboxylic acids is 1. The first-order chi connectivity index (χ1) is 10.7. The zero-order valence-corrected chi connectivity index (χ0v) is 16.2. The fourth-order valence-corrected chi connectivity index (χ4v) is 5.23. The number of thiazole rings is 1. The maximum atomic E-state index is 12.5. The SMILES string of the molecule is Cl.Cl.NCc1nc(C(=O)N2CCN(C3CC4CCC3C4)CC2)cs1. The fraction of sp³-hybridized carbons (Fsp3) is 0.750. The standard InChI is InChI=1S/C16H24N4OS.2ClH/c17-9-15-18-13(10-22-15)16(21)20-5-3-19(4-6-20)14-8-11-1-2-12(14)7-11;;/h10-12,14H,1-9,17H2;2*1H. The van der Waals surface area contributed by atoms with E-state index < -0.39 is 0 Å². The molecule has 3 atom stereocenters. The molecule has 2 heterocycles. The first-order valence-electron chi connectivity index (χ1n) is 8.42. The summed E-state index contributed by atoms with van der Waals surface area (Å²) >= 11 is 1.48. The van der Waals surface area contributed by atoms with Crippen molar-refractivity contribution in [2.75, 3.05) is 26.2 Å². The molecule has 0 radical (unpaired) electrons. The fourth-order valence-electron chi connectivity index (χ4n) is 4.58. The zero-order chi connectivity index (χ0) is 15.1. The molecule has 3 fully saturated rings. The van der Waals surface area contributed by atoms with Gasteiger partial charge in [-0.15, -0.1) is 36.2 Å². The predicted molar refractivity (Wildman–Crippen MR) is 101 cm³/mol. The monoisotopic (exact) mass is 392 g/mol. The van der Waals surface area contributed by atoms with E-state index >= 15 is 0 Å². The summed E-state index contributed by atoms with van der Waals surface area (Å²) in [6.45, 7) is 4.13. The minimum absolute atomic E-state index is 0. The maximum Gasteiger partial charge on any atom is 0.273 e. The molecule has 2 saturated carbocycles. The van der Waals surface area contributed by atoms with E-state index in [2.05, 4.69) is 9.88 Å². The van der Waals surface area contributed by atoms with Crippen molar-refractivity contribution in [1.29, 1.82) is 0 Å². The number of carbonyl (C=O) groups is 1. The highest BCUT2D eigenvalue weighted by Gasteiger charge is 2.43. The van der Waals surface area contributed by atoms with E-state index in [1.807, 2.05) is 10.3 Å². The Morgan fingerprint density at radius 3 is 2.50 bits per heavy atom. The van der Waals surface area contributed by atoms with Crippen molar-refractivity contribution in [3.8, 4) is 0 Å². The van der Waals surface area contributed by atoms with Gasteiger partial charge >= 0.3 is 0 Å². The lowest BCUT2D eigenvalue weighted by atomic mass is 9.93. The van der Waals surface area contributed by atoms with Crippen molar-refractivity contribution in [2.24, 2.45) is 17.6 Å². The van der Waals surface area contributed by atoms with Crippen LogP contribution in [0.4, 0.5) is 0 Å². The third kappa shape index (κ3) is 3.73. The van der Waals surface area contributed by atoms with E-state index in [0.29, 0.717) is 12.2 Å². The number of aromatic nitrogens is 1. The number of hydrogen-bond donors (Lipinski definition) is 1. The molecule has 1 saturated heterocycles. The molecular formula is C16H26Cl2N4OS. The summed E-state index contributed by atoms with van der Waals surface area (Å²) < 4.78 is 0. The van der Waals surface area contributed by atoms with Gasteiger partial charge in [0.1, 0.15) is 10.7 Å². The van der Waals surface area contributed by atoms with Crippen molar-refractivity contribution in [3.63, 3.8) is 0 Å². The summed E-state index contributed by atoms with van der Waals surface area (Å²) in [7, 11) is 0. The van der Waals surface area contributed by atoms with Crippen LogP contribution in [0.15, 0.2) is 5.38 Å². The highest BCUT2D eigenvalue weighted by Crippen LogP contribution is 2.46. The van der Waals surface area contributed by atoms with Gasteiger partial charge in [0.05, 0.1) is 0 Å². The topological polar surface area (TPSA) is 62.5 Å². The summed E-state index contributed by atoms with van der Waals surface area (Å²) in [5, 5.41) is 2.68. The molecule has 8 heteroatoms. The lowest BCUT2D eigenvalue weighted by Gasteiger charge is -2.40. The molecule has 4 rings (SSSR count). The van der Waals surface area contributed by atoms with Gasteiger partial charge in [0.15, 0.2) is 0 Å². The largest absolute Gasteiger partial charge is 0.335 e. The van der Waals surface area contributed by atoms with Crippen molar-refractivity contribution in [3.05, 3.63) is 16.1 Å². The highest BCUT2D eigenvalue weighted by molar-refractivity contribution is 7.09. The molecule has 1 aromatic heterocycles. The summed E-state index contributed by atoms with van der Waals surface area (Å²) in [6, 6.07) is 0.791. The van der Waals surface area contributed by atoms with Gasteiger partial charge in [-0.05, 0) is 31.1 Å². The second kappa shape index (κ2) is 8.32. The first kappa shape index (κ1) is 19.9. The average molecular weight is 393 g/mol. The van der Waals surface area contributed by atoms with Gasteiger partial charge in [-0.2, -0.15) is 0 Å². The minimum atomic E-state index is 0. The number of nitrogens with two attached hydrogens (primary N) is 1. The molecule has 1 aliphatic heterocycles. The van der Waals surface area contributed by atoms with Crippen molar-refractivity contribution < 1.29 is 4.79 Å². The molecular weight excluding hydrogens is 367 g/mol. The molecule has 1 aromatic rings. The van der Waals surface area contributed by atoms with E-state index in [1.165, 1.54) is 37.0 Å². The zero-order valence-electron chi connectivity index (χ0n) is 13.7. The number of rotatable bonds is 3. The second-order valence-electron chi connectivity index (χ2n) is 6.90. The highest BCUT2D eigenvalue weighted by atomic mass is 35.5. The van der Waals surface area contributed by atoms with Crippen LogP contribution < -0.4 is 5.73 Å². The molecule has 0 spiro atoms. The van der Waals surface area contributed by atoms with Crippen LogP contribution in [0.3, 0.4) is 0 Å². The number of amides is 1. The second-order valence-corrected chi connectivity index (χ2v) is 7.84. The molecule has 136 valence electrons. The van der Waals surface area contributed by atoms with Gasteiger partial charge in [0.25, 0.3) is 5.91 Å². The van der Waals surface area contributed by atoms with Gasteiger partial charge in [0, 0.05) is 44.1 Å². The Kier molecular flexibility index (Phi) is 6.90. The van der Waals surface area contributed by atoms with E-state index in [-0.39, 0.29) is 30.7 Å². The molecule has 2 N–H and O–H groups in total. The predicted octanol–water partition coefficient (Wildman–Crippen LogP) is 2.39. The Bertz CT molecular complexity index is 562. The normalized spacial score (nSPS) is 29.2. The van der Waals surface area contributed by atoms with E-state index in [0.717, 1.165) is 49.1 Å². The molecule has 1 amide bonds. The van der Waals surface area contributed by atoms with Crippen LogP contribution in [0.5, 0.6) is 0 Å². The van der Waals surface area contributed by atoms with Crippen LogP contribution in [0.2, 0.25) is 0 Å². The van der Waals surface area contributed by atoms with Crippen molar-refractivity contribution in [1.82, 2.24) is 14.8 Å². The quantitative estimate of drug-likeness (QED) is 0.857. The van der Waals surface area contributed by atoms with Gasteiger partial charge < -0.3 is 10.6 Å². The van der Waals surface area contributed by atoms with Crippen molar-refractivity contribution >= 4 is 42.1 Å². The number of hydrogen-bond acceptors (Lipinski definition) is 5. The van der Waals surface area contributed by atoms with Crippen LogP contribution in [0, 0.1) is 11.8 Å². The Labute approximate surface area is 159 Å². The summed E-state index contributed by atoms with van der Waals surface area (Å²) in [5.41, 5.74) is 6.14. The molecule has 2 bridgehead atoms. The van der Waals surface area contributed by atoms with Crippen LogP contribution in [0.25, 0.3) is 0 Å². The number of nitrogens with zero attached hydrogens (tertiary/aromatic N) is 3. The Balaban J connectivity index is 0.00000104. The number of piperazine rings is 1. The van der Waals surface area contributed by atoms with Gasteiger partial charge in [0.2, 0.25) is 0 Å².